The van der Waals surface area contributed by atoms with E-state index in [1.54, 1.807) is 0 Å². The molecule has 0 saturated heterocycles. The highest BCUT2D eigenvalue weighted by Crippen LogP contribution is 2.26. The third-order valence-corrected chi connectivity index (χ3v) is 29.7. The van der Waals surface area contributed by atoms with Crippen molar-refractivity contribution >= 4 is 0 Å². The summed E-state index contributed by atoms with van der Waals surface area (Å²) in [7, 11) is 0. The largest absolute Gasteiger partial charge is 0.0882 e. The van der Waals surface area contributed by atoms with Crippen LogP contribution in [0.4, 0.5) is 0 Å². The number of hydrogen-bond acceptors (Lipinski definition) is 0. The monoisotopic (exact) mass is 1680 g/mol. The predicted octanol–water partition coefficient (Wildman–Crippen LogP) is 46.6. The molecule has 718 valence electrons. The van der Waals surface area contributed by atoms with Crippen molar-refractivity contribution in [1.82, 2.24) is 0 Å². The predicted molar refractivity (Wildman–Crippen MR) is 554 cm³/mol. The van der Waals surface area contributed by atoms with E-state index in [0.29, 0.717) is 0 Å². The minimum absolute atomic E-state index is 1.32. The van der Waals surface area contributed by atoms with E-state index >= 15 is 0 Å². The maximum atomic E-state index is 2.18. The second-order valence-corrected chi connectivity index (χ2v) is 42.1. The van der Waals surface area contributed by atoms with Crippen molar-refractivity contribution in [3.63, 3.8) is 0 Å². The molecule has 0 heterocycles. The third-order valence-electron chi connectivity index (χ3n) is 29.7. The van der Waals surface area contributed by atoms with Crippen molar-refractivity contribution in [2.24, 2.45) is 0 Å². The zero-order valence-electron chi connectivity index (χ0n) is 84.6. The van der Waals surface area contributed by atoms with Gasteiger partial charge in [-0.05, 0) is 12.8 Å². The Morgan fingerprint density at radius 2 is 0.0583 bits per heavy atom. The van der Waals surface area contributed by atoms with Gasteiger partial charge in [0.2, 0.25) is 0 Å². The average molecular weight is 1680 g/mol. The summed E-state index contributed by atoms with van der Waals surface area (Å²) in [5.74, 6) is 0. The fourth-order valence-corrected chi connectivity index (χ4v) is 7.42. The van der Waals surface area contributed by atoms with Gasteiger partial charge in [0.15, 0.2) is 0 Å². The summed E-state index contributed by atoms with van der Waals surface area (Å²) in [6, 6.07) is 0. The minimum atomic E-state index is 1.32. The first-order chi connectivity index (χ1) is 60.0. The van der Waals surface area contributed by atoms with Crippen molar-refractivity contribution in [2.75, 3.05) is 0 Å². The van der Waals surface area contributed by atoms with Crippen molar-refractivity contribution in [3.8, 4) is 0 Å². The van der Waals surface area contributed by atoms with Crippen LogP contribution in [0, 0.1) is 0 Å². The standard InChI is InChI=1S/29C4H8.C4H6/c30*1-2-4-3-1/h29*1-4H2;1-2H,3-4H2. The van der Waals surface area contributed by atoms with Crippen LogP contribution in [0.3, 0.4) is 0 Å². The maximum absolute atomic E-state index is 2.18. The SMILES string of the molecule is C1=CCC1.C1CCC1.C1CCC1.C1CCC1.C1CCC1.C1CCC1.C1CCC1.C1CCC1.C1CCC1.C1CCC1.C1CCC1.C1CCC1.C1CCC1.C1CCC1.C1CCC1.C1CCC1.C1CCC1.C1CCC1.C1CCC1.C1CCC1.C1CCC1.C1CCC1.C1CCC1.C1CCC1.C1CCC1.C1CCC1.C1CCC1.C1CCC1.C1CCC1.C1CCC1. The minimum Gasteiger partial charge on any atom is -0.0882 e. The number of hydrogen-bond donors (Lipinski definition) is 0. The maximum Gasteiger partial charge on any atom is -0.0316 e. The molecule has 0 radical (unpaired) electrons. The first-order valence-electron chi connectivity index (χ1n) is 59.6. The highest BCUT2D eigenvalue weighted by Gasteiger charge is 2.06. The van der Waals surface area contributed by atoms with Crippen LogP contribution in [-0.4, -0.2) is 0 Å². The van der Waals surface area contributed by atoms with Gasteiger partial charge >= 0.3 is 0 Å². The van der Waals surface area contributed by atoms with E-state index in [0.717, 1.165) is 0 Å². The van der Waals surface area contributed by atoms with Crippen LogP contribution >= 0.6 is 0 Å². The van der Waals surface area contributed by atoms with E-state index in [2.05, 4.69) is 12.2 Å². The molecule has 0 bridgehead atoms. The van der Waals surface area contributed by atoms with Gasteiger partial charge in [-0.15, -0.1) is 0 Å². The van der Waals surface area contributed by atoms with Crippen LogP contribution in [-0.2, 0) is 0 Å². The van der Waals surface area contributed by atoms with Gasteiger partial charge in [0.1, 0.15) is 0 Å². The molecule has 0 aromatic carbocycles. The van der Waals surface area contributed by atoms with Crippen molar-refractivity contribution in [2.45, 2.75) is 758 Å². The smallest absolute Gasteiger partial charge is 0.0316 e. The molecular formula is C120H238. The molecule has 0 amide bonds. The zero-order chi connectivity index (χ0) is 84.9. The lowest BCUT2D eigenvalue weighted by Crippen LogP contribution is -1.85. The molecule has 30 aliphatic carbocycles. The Bertz CT molecular complexity index is 902. The molecule has 0 aromatic rings. The summed E-state index contributed by atoms with van der Waals surface area (Å²) < 4.78 is 0. The van der Waals surface area contributed by atoms with E-state index in [1.807, 2.05) is 0 Å². The van der Waals surface area contributed by atoms with Crippen LogP contribution < -0.4 is 0 Å². The van der Waals surface area contributed by atoms with Crippen molar-refractivity contribution < 1.29 is 0 Å². The van der Waals surface area contributed by atoms with Crippen LogP contribution in [0.15, 0.2) is 12.2 Å². The Kier molecular flexibility index (Phi) is 113. The molecule has 29 saturated carbocycles. The molecule has 0 atom stereocenters. The molecule has 30 aliphatic rings. The van der Waals surface area contributed by atoms with E-state index in [1.165, 1.54) is 758 Å². The molecule has 0 aliphatic heterocycles. The van der Waals surface area contributed by atoms with Crippen LogP contribution in [0.25, 0.3) is 0 Å². The highest BCUT2D eigenvalue weighted by molar-refractivity contribution is 4.93. The lowest BCUT2D eigenvalue weighted by molar-refractivity contribution is 0.504. The van der Waals surface area contributed by atoms with E-state index in [-0.39, 0.29) is 0 Å². The Hall–Kier alpha value is -0.260. The molecule has 0 nitrogen and oxygen atoms in total. The summed E-state index contributed by atoms with van der Waals surface area (Å²) >= 11 is 0. The number of allylic oxidation sites excluding steroid dienone is 2. The molecular weight excluding hydrogens is 1440 g/mol. The van der Waals surface area contributed by atoms with Gasteiger partial charge in [-0.2, -0.15) is 0 Å². The van der Waals surface area contributed by atoms with Crippen LogP contribution in [0.1, 0.15) is 758 Å². The highest BCUT2D eigenvalue weighted by atomic mass is 14.1. The van der Waals surface area contributed by atoms with Gasteiger partial charge in [-0.25, -0.2) is 0 Å². The molecule has 0 aromatic heterocycles. The van der Waals surface area contributed by atoms with Crippen LogP contribution in [0.5, 0.6) is 0 Å². The fourth-order valence-electron chi connectivity index (χ4n) is 7.42. The normalized spacial score (nSPS) is 23.9. The van der Waals surface area contributed by atoms with Crippen molar-refractivity contribution in [1.29, 1.82) is 0 Å². The van der Waals surface area contributed by atoms with Gasteiger partial charge < -0.3 is 0 Å². The Morgan fingerprint density at radius 3 is 0.0583 bits per heavy atom. The van der Waals surface area contributed by atoms with Gasteiger partial charge in [-0.3, -0.25) is 0 Å². The molecule has 0 spiro atoms. The summed E-state index contributed by atoms with van der Waals surface area (Å²) in [6.45, 7) is 0. The second kappa shape index (κ2) is 115. The summed E-state index contributed by atoms with van der Waals surface area (Å²) in [5.41, 5.74) is 0. The van der Waals surface area contributed by atoms with E-state index < -0.39 is 0 Å². The number of rotatable bonds is 0. The van der Waals surface area contributed by atoms with E-state index in [4.69, 9.17) is 0 Å². The van der Waals surface area contributed by atoms with Gasteiger partial charge in [-0.1, -0.05) is 757 Å². The molecule has 0 heteroatoms. The average Bonchev–Trinajstić information content (AvgIpc) is 3.17. The molecule has 0 N–H and O–H groups in total. The second-order valence-electron chi connectivity index (χ2n) is 42.1. The van der Waals surface area contributed by atoms with Gasteiger partial charge in [0.25, 0.3) is 0 Å². The summed E-state index contributed by atoms with van der Waals surface area (Å²) in [4.78, 5) is 0. The Morgan fingerprint density at radius 1 is 0.0417 bits per heavy atom. The summed E-state index contributed by atoms with van der Waals surface area (Å²) in [5, 5.41) is 0. The van der Waals surface area contributed by atoms with Gasteiger partial charge in [0, 0.05) is 0 Å². The van der Waals surface area contributed by atoms with E-state index in [9.17, 15) is 0 Å². The lowest BCUT2D eigenvalue weighted by atomic mass is 10.0. The topological polar surface area (TPSA) is 0 Å². The zero-order valence-corrected chi connectivity index (χ0v) is 84.6. The molecule has 29 fully saturated rings. The van der Waals surface area contributed by atoms with Crippen molar-refractivity contribution in [3.05, 3.63) is 12.2 Å². The molecule has 0 unspecified atom stereocenters. The van der Waals surface area contributed by atoms with Gasteiger partial charge in [0.05, 0.1) is 0 Å². The Balaban J connectivity index is 0.000000621. The molecule has 30 rings (SSSR count). The Labute approximate surface area is 764 Å². The summed E-state index contributed by atoms with van der Waals surface area (Å²) in [6.07, 6.45) is 181. The molecule has 120 heavy (non-hydrogen) atoms. The third kappa shape index (κ3) is 112. The fraction of sp³-hybridized carbons (Fsp3) is 0.983. The first kappa shape index (κ1) is 118. The lowest BCUT2D eigenvalue weighted by Gasteiger charge is -2.05. The quantitative estimate of drug-likeness (QED) is 0.212. The first-order valence-corrected chi connectivity index (χ1v) is 59.6. The van der Waals surface area contributed by atoms with Crippen LogP contribution in [0.2, 0.25) is 0 Å².